The van der Waals surface area contributed by atoms with Gasteiger partial charge in [-0.05, 0) is 29.7 Å². The average molecular weight is 259 g/mol. The molecule has 0 saturated heterocycles. The Kier molecular flexibility index (Phi) is 3.33. The van der Waals surface area contributed by atoms with Crippen molar-refractivity contribution in [3.8, 4) is 0 Å². The quantitative estimate of drug-likeness (QED) is 0.765. The van der Waals surface area contributed by atoms with Crippen LogP contribution in [-0.2, 0) is 13.8 Å². The molecule has 0 amide bonds. The largest absolute Gasteiger partial charge is 0.377 e. The fourth-order valence-electron chi connectivity index (χ4n) is 1.62. The number of rotatable bonds is 2. The average Bonchev–Trinajstić information content (AvgIpc) is 2.29. The van der Waals surface area contributed by atoms with E-state index in [2.05, 4.69) is 0 Å². The third kappa shape index (κ3) is 2.64. The molecule has 0 radical (unpaired) electrons. The third-order valence-corrected chi connectivity index (χ3v) is 3.84. The van der Waals surface area contributed by atoms with E-state index in [1.807, 2.05) is 6.08 Å². The van der Waals surface area contributed by atoms with Crippen LogP contribution in [0.3, 0.4) is 0 Å². The number of halogens is 1. The fourth-order valence-corrected chi connectivity index (χ4v) is 2.39. The van der Waals surface area contributed by atoms with Crippen LogP contribution in [-0.4, -0.2) is 21.6 Å². The summed E-state index contributed by atoms with van der Waals surface area (Å²) in [5.41, 5.74) is 2.21. The predicted octanol–water partition coefficient (Wildman–Crippen LogP) is 2.42. The van der Waals surface area contributed by atoms with Crippen LogP contribution in [0.25, 0.3) is 5.57 Å². The lowest BCUT2D eigenvalue weighted by molar-refractivity contribution is 0.161. The van der Waals surface area contributed by atoms with Gasteiger partial charge < -0.3 is 4.74 Å². The highest BCUT2D eigenvalue weighted by molar-refractivity contribution is 8.13. The Morgan fingerprint density at radius 2 is 1.88 bits per heavy atom. The van der Waals surface area contributed by atoms with E-state index in [1.165, 1.54) is 17.7 Å². The van der Waals surface area contributed by atoms with E-state index >= 15 is 0 Å². The van der Waals surface area contributed by atoms with Gasteiger partial charge >= 0.3 is 0 Å². The highest BCUT2D eigenvalue weighted by atomic mass is 35.7. The zero-order chi connectivity index (χ0) is 11.6. The van der Waals surface area contributed by atoms with Gasteiger partial charge in [-0.1, -0.05) is 18.2 Å². The Labute approximate surface area is 99.1 Å². The van der Waals surface area contributed by atoms with Crippen molar-refractivity contribution in [2.75, 3.05) is 13.2 Å². The van der Waals surface area contributed by atoms with Crippen molar-refractivity contribution in [3.05, 3.63) is 35.9 Å². The second-order valence-electron chi connectivity index (χ2n) is 3.52. The summed E-state index contributed by atoms with van der Waals surface area (Å²) in [5, 5.41) is 0. The Morgan fingerprint density at radius 3 is 2.38 bits per heavy atom. The van der Waals surface area contributed by atoms with Crippen LogP contribution in [0.5, 0.6) is 0 Å². The molecule has 1 aromatic rings. The number of ether oxygens (including phenoxy) is 1. The fraction of sp³-hybridized carbons (Fsp3) is 0.273. The molecule has 3 nitrogen and oxygen atoms in total. The molecule has 0 fully saturated rings. The minimum absolute atomic E-state index is 0.130. The first kappa shape index (κ1) is 11.6. The maximum Gasteiger partial charge on any atom is 0.261 e. The van der Waals surface area contributed by atoms with Crippen molar-refractivity contribution in [2.24, 2.45) is 0 Å². The van der Waals surface area contributed by atoms with Gasteiger partial charge in [-0.15, -0.1) is 0 Å². The van der Waals surface area contributed by atoms with Crippen LogP contribution in [0.15, 0.2) is 35.2 Å². The van der Waals surface area contributed by atoms with E-state index in [9.17, 15) is 8.42 Å². The standard InChI is InChI=1S/C11H11ClO3S/c12-16(13,14)11-3-1-9(2-4-11)10-5-7-15-8-6-10/h1-5H,6-8H2. The van der Waals surface area contributed by atoms with Crippen LogP contribution in [0.1, 0.15) is 12.0 Å². The molecule has 0 atom stereocenters. The number of hydrogen-bond acceptors (Lipinski definition) is 3. The molecule has 0 bridgehead atoms. The summed E-state index contributed by atoms with van der Waals surface area (Å²) < 4.78 is 27.3. The van der Waals surface area contributed by atoms with E-state index in [1.54, 1.807) is 12.1 Å². The van der Waals surface area contributed by atoms with E-state index in [-0.39, 0.29) is 4.90 Å². The molecule has 1 heterocycles. The lowest BCUT2D eigenvalue weighted by Crippen LogP contribution is -2.03. The number of hydrogen-bond donors (Lipinski definition) is 0. The van der Waals surface area contributed by atoms with Crippen LogP contribution in [0.2, 0.25) is 0 Å². The first-order valence-corrected chi connectivity index (χ1v) is 7.20. The molecule has 86 valence electrons. The summed E-state index contributed by atoms with van der Waals surface area (Å²) in [5.74, 6) is 0. The Morgan fingerprint density at radius 1 is 1.19 bits per heavy atom. The number of benzene rings is 1. The maximum absolute atomic E-state index is 11.1. The minimum atomic E-state index is -3.62. The molecule has 0 saturated carbocycles. The molecular formula is C11H11ClO3S. The van der Waals surface area contributed by atoms with Crippen molar-refractivity contribution in [1.82, 2.24) is 0 Å². The lowest BCUT2D eigenvalue weighted by Gasteiger charge is -2.13. The predicted molar refractivity (Wildman–Crippen MR) is 62.9 cm³/mol. The Bertz CT molecular complexity index is 503. The van der Waals surface area contributed by atoms with Crippen molar-refractivity contribution >= 4 is 25.3 Å². The molecule has 0 spiro atoms. The SMILES string of the molecule is O=S(=O)(Cl)c1ccc(C2=CCOCC2)cc1. The van der Waals surface area contributed by atoms with Gasteiger partial charge in [-0.25, -0.2) is 8.42 Å². The van der Waals surface area contributed by atoms with E-state index in [4.69, 9.17) is 15.4 Å². The van der Waals surface area contributed by atoms with Crippen molar-refractivity contribution in [1.29, 1.82) is 0 Å². The summed E-state index contributed by atoms with van der Waals surface area (Å²) in [6, 6.07) is 6.58. The Hall–Kier alpha value is -0.840. The van der Waals surface area contributed by atoms with Crippen molar-refractivity contribution < 1.29 is 13.2 Å². The molecule has 0 aromatic heterocycles. The van der Waals surface area contributed by atoms with Crippen LogP contribution in [0, 0.1) is 0 Å². The second kappa shape index (κ2) is 4.57. The zero-order valence-corrected chi connectivity index (χ0v) is 10.1. The zero-order valence-electron chi connectivity index (χ0n) is 8.52. The monoisotopic (exact) mass is 258 g/mol. The summed E-state index contributed by atoms with van der Waals surface area (Å²) in [4.78, 5) is 0.130. The maximum atomic E-state index is 11.1. The molecule has 0 aliphatic carbocycles. The Balaban J connectivity index is 2.29. The normalized spacial score (nSPS) is 16.9. The highest BCUT2D eigenvalue weighted by Gasteiger charge is 2.11. The molecule has 1 aromatic carbocycles. The second-order valence-corrected chi connectivity index (χ2v) is 6.08. The highest BCUT2D eigenvalue weighted by Crippen LogP contribution is 2.23. The first-order valence-electron chi connectivity index (χ1n) is 4.89. The van der Waals surface area contributed by atoms with Crippen LogP contribution >= 0.6 is 10.7 Å². The topological polar surface area (TPSA) is 43.4 Å². The molecule has 5 heteroatoms. The van der Waals surface area contributed by atoms with Gasteiger partial charge in [-0.3, -0.25) is 0 Å². The van der Waals surface area contributed by atoms with Gasteiger partial charge in [0.2, 0.25) is 0 Å². The summed E-state index contributed by atoms with van der Waals surface area (Å²) in [6.45, 7) is 1.33. The van der Waals surface area contributed by atoms with E-state index in [0.29, 0.717) is 13.2 Å². The van der Waals surface area contributed by atoms with Gasteiger partial charge in [0.05, 0.1) is 18.1 Å². The lowest BCUT2D eigenvalue weighted by atomic mass is 10.0. The van der Waals surface area contributed by atoms with E-state index in [0.717, 1.165) is 12.0 Å². The molecule has 16 heavy (non-hydrogen) atoms. The van der Waals surface area contributed by atoms with Crippen LogP contribution in [0.4, 0.5) is 0 Å². The molecule has 1 aliphatic rings. The molecule has 2 rings (SSSR count). The molecule has 0 N–H and O–H groups in total. The smallest absolute Gasteiger partial charge is 0.261 e. The van der Waals surface area contributed by atoms with Gasteiger partial charge in [0.15, 0.2) is 0 Å². The molecular weight excluding hydrogens is 248 g/mol. The van der Waals surface area contributed by atoms with Gasteiger partial charge in [0, 0.05) is 10.7 Å². The summed E-state index contributed by atoms with van der Waals surface area (Å²) in [6.07, 6.45) is 2.86. The minimum Gasteiger partial charge on any atom is -0.377 e. The van der Waals surface area contributed by atoms with Crippen molar-refractivity contribution in [3.63, 3.8) is 0 Å². The van der Waals surface area contributed by atoms with Gasteiger partial charge in [0.1, 0.15) is 0 Å². The summed E-state index contributed by atoms with van der Waals surface area (Å²) in [7, 11) is 1.61. The first-order chi connectivity index (χ1) is 7.57. The molecule has 0 unspecified atom stereocenters. The van der Waals surface area contributed by atoms with Crippen molar-refractivity contribution in [2.45, 2.75) is 11.3 Å². The van der Waals surface area contributed by atoms with E-state index < -0.39 is 9.05 Å². The van der Waals surface area contributed by atoms with Gasteiger partial charge in [-0.2, -0.15) is 0 Å². The summed E-state index contributed by atoms with van der Waals surface area (Å²) >= 11 is 0. The third-order valence-electron chi connectivity index (χ3n) is 2.47. The van der Waals surface area contributed by atoms with Gasteiger partial charge in [0.25, 0.3) is 9.05 Å². The van der Waals surface area contributed by atoms with Crippen LogP contribution < -0.4 is 0 Å². The molecule has 1 aliphatic heterocycles.